The number of rotatable bonds is 2. The van der Waals surface area contributed by atoms with Gasteiger partial charge in [0, 0.05) is 0 Å². The molecule has 0 amide bonds. The van der Waals surface area contributed by atoms with Gasteiger partial charge in [-0.1, -0.05) is 11.3 Å². The van der Waals surface area contributed by atoms with E-state index < -0.39 is 0 Å². The van der Waals surface area contributed by atoms with E-state index in [2.05, 4.69) is 4.98 Å². The highest BCUT2D eigenvalue weighted by Crippen LogP contribution is 2.42. The topological polar surface area (TPSA) is 74.4 Å². The number of benzene rings is 1. The molecule has 17 heavy (non-hydrogen) atoms. The zero-order chi connectivity index (χ0) is 11.8. The number of nitrogens with zero attached hydrogens (tertiary/aromatic N) is 1. The van der Waals surface area contributed by atoms with Gasteiger partial charge in [0.15, 0.2) is 25.1 Å². The zero-order valence-corrected chi connectivity index (χ0v) is 10.5. The van der Waals surface area contributed by atoms with E-state index in [0.29, 0.717) is 29.4 Å². The van der Waals surface area contributed by atoms with Gasteiger partial charge in [0.1, 0.15) is 17.4 Å². The van der Waals surface area contributed by atoms with Crippen LogP contribution in [0.1, 0.15) is 0 Å². The van der Waals surface area contributed by atoms with Gasteiger partial charge in [0.25, 0.3) is 0 Å². The van der Waals surface area contributed by atoms with Gasteiger partial charge in [-0.2, -0.15) is 0 Å². The highest BCUT2D eigenvalue weighted by atomic mass is 32.1. The third-order valence-corrected chi connectivity index (χ3v) is 3.93. The maximum absolute atomic E-state index is 10.5. The second-order valence-corrected chi connectivity index (χ2v) is 5.31. The number of nitrogen functional groups attached to an aromatic ring is 1. The van der Waals surface area contributed by atoms with E-state index in [4.69, 9.17) is 15.2 Å². The first-order valence-electron chi connectivity index (χ1n) is 5.05. The van der Waals surface area contributed by atoms with Gasteiger partial charge >= 0.3 is 0 Å². The van der Waals surface area contributed by atoms with Gasteiger partial charge in [-0.15, -0.1) is 0 Å². The Morgan fingerprint density at radius 2 is 2.47 bits per heavy atom. The van der Waals surface area contributed by atoms with Crippen LogP contribution in [-0.4, -0.2) is 23.9 Å². The summed E-state index contributed by atoms with van der Waals surface area (Å²) in [6.45, 7) is 0.402. The second-order valence-electron chi connectivity index (χ2n) is 3.66. The predicted octanol–water partition coefficient (Wildman–Crippen LogP) is 2.31. The van der Waals surface area contributed by atoms with E-state index in [9.17, 15) is 4.57 Å². The molecule has 1 aliphatic heterocycles. The summed E-state index contributed by atoms with van der Waals surface area (Å²) in [5, 5.41) is 0.511. The number of hydrogen-bond acceptors (Lipinski definition) is 6. The van der Waals surface area contributed by atoms with Crippen molar-refractivity contribution in [2.24, 2.45) is 0 Å². The van der Waals surface area contributed by atoms with E-state index in [-0.39, 0.29) is 14.6 Å². The van der Waals surface area contributed by atoms with Crippen molar-refractivity contribution in [3.05, 3.63) is 12.1 Å². The van der Waals surface area contributed by atoms with Crippen molar-refractivity contribution in [3.8, 4) is 11.5 Å². The molecule has 1 atom stereocenters. The van der Waals surface area contributed by atoms with Crippen molar-refractivity contribution in [3.63, 3.8) is 0 Å². The molecule has 1 aromatic carbocycles. The quantitative estimate of drug-likeness (QED) is 0.846. The standard InChI is InChI=1S/C10H9N2O3PS/c11-10-12-6-1-2-7-8(9(6)17-10)14-3-5(15-7)4-16-13/h1-2,5H,3-4H2,(H2,11,12). The molecule has 88 valence electrons. The summed E-state index contributed by atoms with van der Waals surface area (Å²) in [6.07, 6.45) is 0.270. The van der Waals surface area contributed by atoms with Crippen LogP contribution in [0, 0.1) is 0 Å². The van der Waals surface area contributed by atoms with E-state index in [1.54, 1.807) is 0 Å². The Balaban J connectivity index is 2.04. The van der Waals surface area contributed by atoms with Gasteiger partial charge in [0.2, 0.25) is 0 Å². The smallest absolute Gasteiger partial charge is 0.181 e. The van der Waals surface area contributed by atoms with Gasteiger partial charge < -0.3 is 15.2 Å². The third kappa shape index (κ3) is 1.83. The lowest BCUT2D eigenvalue weighted by molar-refractivity contribution is 0.108. The molecule has 1 aliphatic rings. The minimum Gasteiger partial charge on any atom is -0.484 e. The monoisotopic (exact) mass is 268 g/mol. The minimum absolute atomic E-state index is 0.0662. The van der Waals surface area contributed by atoms with Crippen LogP contribution in [0.4, 0.5) is 5.13 Å². The molecule has 7 heteroatoms. The molecule has 0 bridgehead atoms. The molecule has 1 aromatic heterocycles. The Kier molecular flexibility index (Phi) is 2.61. The van der Waals surface area contributed by atoms with Crippen molar-refractivity contribution in [2.75, 3.05) is 18.5 Å². The first-order valence-corrected chi connectivity index (χ1v) is 6.87. The van der Waals surface area contributed by atoms with Crippen LogP contribution in [0.5, 0.6) is 11.5 Å². The summed E-state index contributed by atoms with van der Waals surface area (Å²) in [4.78, 5) is 4.19. The minimum atomic E-state index is -0.163. The van der Waals surface area contributed by atoms with E-state index in [0.717, 1.165) is 10.2 Å². The average molecular weight is 268 g/mol. The Bertz CT molecular complexity index is 586. The summed E-state index contributed by atoms with van der Waals surface area (Å²) in [5.74, 6) is 1.36. The Morgan fingerprint density at radius 1 is 1.59 bits per heavy atom. The number of aromatic nitrogens is 1. The Labute approximate surface area is 103 Å². The molecule has 3 rings (SSSR count). The van der Waals surface area contributed by atoms with Crippen LogP contribution < -0.4 is 15.2 Å². The van der Waals surface area contributed by atoms with Crippen molar-refractivity contribution < 1.29 is 14.0 Å². The van der Waals surface area contributed by atoms with Crippen molar-refractivity contribution in [1.82, 2.24) is 4.98 Å². The van der Waals surface area contributed by atoms with Gasteiger partial charge in [0.05, 0.1) is 11.7 Å². The molecule has 0 spiro atoms. The van der Waals surface area contributed by atoms with Crippen LogP contribution in [0.15, 0.2) is 12.1 Å². The van der Waals surface area contributed by atoms with E-state index in [1.807, 2.05) is 12.1 Å². The molecule has 2 N–H and O–H groups in total. The molecule has 0 saturated heterocycles. The predicted molar refractivity (Wildman–Crippen MR) is 66.4 cm³/mol. The normalized spacial score (nSPS) is 18.7. The maximum atomic E-state index is 10.5. The lowest BCUT2D eigenvalue weighted by Gasteiger charge is -2.25. The first-order chi connectivity index (χ1) is 8.28. The lowest BCUT2D eigenvalue weighted by atomic mass is 10.2. The fourth-order valence-corrected chi connectivity index (χ4v) is 2.93. The average Bonchev–Trinajstić information content (AvgIpc) is 2.70. The lowest BCUT2D eigenvalue weighted by Crippen LogP contribution is -2.30. The van der Waals surface area contributed by atoms with Crippen LogP contribution in [0.3, 0.4) is 0 Å². The van der Waals surface area contributed by atoms with Crippen molar-refractivity contribution in [1.29, 1.82) is 0 Å². The third-order valence-electron chi connectivity index (χ3n) is 2.48. The van der Waals surface area contributed by atoms with Crippen LogP contribution in [-0.2, 0) is 4.57 Å². The molecule has 0 fully saturated rings. The number of nitrogens with two attached hydrogens (primary N) is 1. The van der Waals surface area contributed by atoms with E-state index in [1.165, 1.54) is 11.3 Å². The summed E-state index contributed by atoms with van der Waals surface area (Å²) in [5.41, 5.74) is 6.48. The van der Waals surface area contributed by atoms with Crippen LogP contribution >= 0.6 is 19.8 Å². The van der Waals surface area contributed by atoms with Crippen LogP contribution in [0.2, 0.25) is 0 Å². The second kappa shape index (κ2) is 4.13. The summed E-state index contributed by atoms with van der Waals surface area (Å²) >= 11 is 1.38. The molecule has 2 aromatic rings. The highest BCUT2D eigenvalue weighted by molar-refractivity contribution is 7.23. The number of thiazole rings is 1. The molecule has 0 saturated carbocycles. The van der Waals surface area contributed by atoms with Crippen molar-refractivity contribution >= 4 is 35.1 Å². The summed E-state index contributed by atoms with van der Waals surface area (Å²) in [6, 6.07) is 3.66. The number of ether oxygens (including phenoxy) is 2. The Hall–Kier alpha value is -1.39. The van der Waals surface area contributed by atoms with Gasteiger partial charge in [-0.25, -0.2) is 4.98 Å². The zero-order valence-electron chi connectivity index (χ0n) is 8.75. The van der Waals surface area contributed by atoms with Gasteiger partial charge in [-0.05, 0) is 12.1 Å². The largest absolute Gasteiger partial charge is 0.484 e. The molecule has 1 unspecified atom stereocenters. The number of anilines is 1. The molecule has 0 aliphatic carbocycles. The molecule has 0 radical (unpaired) electrons. The van der Waals surface area contributed by atoms with Crippen LogP contribution in [0.25, 0.3) is 10.2 Å². The first kappa shape index (κ1) is 10.7. The molecule has 2 heterocycles. The summed E-state index contributed by atoms with van der Waals surface area (Å²) < 4.78 is 22.8. The summed E-state index contributed by atoms with van der Waals surface area (Å²) in [7, 11) is 0.0662. The van der Waals surface area contributed by atoms with Crippen molar-refractivity contribution in [2.45, 2.75) is 6.10 Å². The number of hydrogen-bond donors (Lipinski definition) is 1. The number of fused-ring (bicyclic) bond motifs is 3. The fraction of sp³-hybridized carbons (Fsp3) is 0.300. The Morgan fingerprint density at radius 3 is 3.29 bits per heavy atom. The fourth-order valence-electron chi connectivity index (χ4n) is 1.76. The van der Waals surface area contributed by atoms with E-state index >= 15 is 0 Å². The highest BCUT2D eigenvalue weighted by Gasteiger charge is 2.24. The molecule has 5 nitrogen and oxygen atoms in total. The molecular weight excluding hydrogens is 259 g/mol. The SMILES string of the molecule is Nc1nc2ccc3c(c2s1)OCC(CP=O)O3. The van der Waals surface area contributed by atoms with Gasteiger partial charge in [-0.3, -0.25) is 4.57 Å². The molecular formula is C10H9N2O3PS. The maximum Gasteiger partial charge on any atom is 0.181 e.